The van der Waals surface area contributed by atoms with Crippen LogP contribution in [0.5, 0.6) is 0 Å². The van der Waals surface area contributed by atoms with E-state index in [1.54, 1.807) is 0 Å². The minimum Gasteiger partial charge on any atom is -0.398 e. The summed E-state index contributed by atoms with van der Waals surface area (Å²) in [5.74, 6) is 1.47. The minimum absolute atomic E-state index is 0.409. The first-order valence-electron chi connectivity index (χ1n) is 5.47. The third-order valence-electron chi connectivity index (χ3n) is 3.49. The zero-order chi connectivity index (χ0) is 10.8. The van der Waals surface area contributed by atoms with E-state index in [0.29, 0.717) is 12.3 Å². The summed E-state index contributed by atoms with van der Waals surface area (Å²) in [7, 11) is 0. The highest BCUT2D eigenvalue weighted by molar-refractivity contribution is 5.51. The fourth-order valence-electron chi connectivity index (χ4n) is 2.25. The van der Waals surface area contributed by atoms with Crippen LogP contribution in [0.4, 0.5) is 5.69 Å². The molecule has 0 heterocycles. The Morgan fingerprint density at radius 1 is 1.47 bits per heavy atom. The summed E-state index contributed by atoms with van der Waals surface area (Å²) in [5, 5.41) is 8.62. The Labute approximate surface area is 90.7 Å². The van der Waals surface area contributed by atoms with Gasteiger partial charge >= 0.3 is 0 Å². The Kier molecular flexibility index (Phi) is 2.64. The number of nitrogen functional groups attached to an aromatic ring is 1. The SMILES string of the molecule is CC1CCC1c1ccc(CC#N)c(N)c1. The Bertz CT molecular complexity index is 403. The van der Waals surface area contributed by atoms with Gasteiger partial charge in [-0.05, 0) is 41.9 Å². The molecule has 0 radical (unpaired) electrons. The molecule has 0 spiro atoms. The molecule has 0 saturated heterocycles. The van der Waals surface area contributed by atoms with Crippen LogP contribution in [0.1, 0.15) is 36.8 Å². The Hall–Kier alpha value is -1.49. The Balaban J connectivity index is 2.22. The number of hydrogen-bond acceptors (Lipinski definition) is 2. The molecule has 2 rings (SSSR count). The van der Waals surface area contributed by atoms with Crippen LogP contribution in [0.15, 0.2) is 18.2 Å². The lowest BCUT2D eigenvalue weighted by molar-refractivity contribution is 0.280. The van der Waals surface area contributed by atoms with Gasteiger partial charge < -0.3 is 5.73 Å². The highest BCUT2D eigenvalue weighted by Gasteiger charge is 2.28. The predicted molar refractivity (Wildman–Crippen MR) is 61.3 cm³/mol. The van der Waals surface area contributed by atoms with Gasteiger partial charge in [0, 0.05) is 5.69 Å². The van der Waals surface area contributed by atoms with E-state index >= 15 is 0 Å². The first-order chi connectivity index (χ1) is 7.22. The zero-order valence-corrected chi connectivity index (χ0v) is 9.03. The fourth-order valence-corrected chi connectivity index (χ4v) is 2.25. The molecule has 2 N–H and O–H groups in total. The maximum Gasteiger partial charge on any atom is 0.0670 e. The summed E-state index contributed by atoms with van der Waals surface area (Å²) in [6.45, 7) is 2.29. The molecule has 15 heavy (non-hydrogen) atoms. The maximum atomic E-state index is 8.62. The molecule has 2 atom stereocenters. The molecule has 1 aliphatic rings. The molecule has 0 bridgehead atoms. The molecule has 0 amide bonds. The molecule has 1 aliphatic carbocycles. The van der Waals surface area contributed by atoms with Crippen molar-refractivity contribution in [3.8, 4) is 6.07 Å². The van der Waals surface area contributed by atoms with E-state index in [9.17, 15) is 0 Å². The molecule has 1 saturated carbocycles. The molecule has 1 fully saturated rings. The van der Waals surface area contributed by atoms with Gasteiger partial charge in [0.2, 0.25) is 0 Å². The van der Waals surface area contributed by atoms with Crippen molar-refractivity contribution in [3.63, 3.8) is 0 Å². The third-order valence-corrected chi connectivity index (χ3v) is 3.49. The lowest BCUT2D eigenvalue weighted by Gasteiger charge is -2.34. The van der Waals surface area contributed by atoms with Gasteiger partial charge in [0.1, 0.15) is 0 Å². The molecule has 0 aromatic heterocycles. The highest BCUT2D eigenvalue weighted by Crippen LogP contribution is 2.42. The fraction of sp³-hybridized carbons (Fsp3) is 0.462. The van der Waals surface area contributed by atoms with Gasteiger partial charge in [-0.3, -0.25) is 0 Å². The molecular weight excluding hydrogens is 184 g/mol. The van der Waals surface area contributed by atoms with E-state index in [0.717, 1.165) is 17.2 Å². The van der Waals surface area contributed by atoms with Gasteiger partial charge in [-0.2, -0.15) is 5.26 Å². The minimum atomic E-state index is 0.409. The number of nitrogens with zero attached hydrogens (tertiary/aromatic N) is 1. The average Bonchev–Trinajstić information content (AvgIpc) is 2.20. The number of nitriles is 1. The molecule has 1 aromatic rings. The number of rotatable bonds is 2. The molecule has 0 aliphatic heterocycles. The van der Waals surface area contributed by atoms with Crippen LogP contribution in [0.2, 0.25) is 0 Å². The monoisotopic (exact) mass is 200 g/mol. The van der Waals surface area contributed by atoms with E-state index in [1.807, 2.05) is 12.1 Å². The summed E-state index contributed by atoms with van der Waals surface area (Å²) in [6, 6.07) is 8.31. The van der Waals surface area contributed by atoms with Crippen molar-refractivity contribution >= 4 is 5.69 Å². The first-order valence-corrected chi connectivity index (χ1v) is 5.47. The lowest BCUT2D eigenvalue weighted by atomic mass is 9.71. The van der Waals surface area contributed by atoms with E-state index in [4.69, 9.17) is 11.0 Å². The first kappa shape index (κ1) is 10.0. The summed E-state index contributed by atoms with van der Waals surface area (Å²) < 4.78 is 0. The van der Waals surface area contributed by atoms with Gasteiger partial charge in [-0.1, -0.05) is 19.1 Å². The Morgan fingerprint density at radius 3 is 2.73 bits per heavy atom. The second-order valence-electron chi connectivity index (χ2n) is 4.45. The average molecular weight is 200 g/mol. The van der Waals surface area contributed by atoms with Gasteiger partial charge in [-0.25, -0.2) is 0 Å². The lowest BCUT2D eigenvalue weighted by Crippen LogP contribution is -2.20. The quantitative estimate of drug-likeness (QED) is 0.746. The topological polar surface area (TPSA) is 49.8 Å². The van der Waals surface area contributed by atoms with E-state index in [2.05, 4.69) is 19.1 Å². The second-order valence-corrected chi connectivity index (χ2v) is 4.45. The number of nitrogens with two attached hydrogens (primary N) is 1. The van der Waals surface area contributed by atoms with Crippen LogP contribution in [-0.4, -0.2) is 0 Å². The van der Waals surface area contributed by atoms with Crippen LogP contribution in [0.25, 0.3) is 0 Å². The maximum absolute atomic E-state index is 8.62. The van der Waals surface area contributed by atoms with Crippen molar-refractivity contribution in [3.05, 3.63) is 29.3 Å². The molecule has 78 valence electrons. The van der Waals surface area contributed by atoms with Gasteiger partial charge in [-0.15, -0.1) is 0 Å². The summed E-state index contributed by atoms with van der Waals surface area (Å²) in [5.41, 5.74) is 8.98. The third kappa shape index (κ3) is 1.83. The Morgan fingerprint density at radius 2 is 2.27 bits per heavy atom. The van der Waals surface area contributed by atoms with Crippen molar-refractivity contribution in [2.24, 2.45) is 5.92 Å². The van der Waals surface area contributed by atoms with Gasteiger partial charge in [0.25, 0.3) is 0 Å². The van der Waals surface area contributed by atoms with Gasteiger partial charge in [0.05, 0.1) is 12.5 Å². The summed E-state index contributed by atoms with van der Waals surface area (Å²) >= 11 is 0. The van der Waals surface area contributed by atoms with Crippen molar-refractivity contribution in [2.75, 3.05) is 5.73 Å². The number of benzene rings is 1. The van der Waals surface area contributed by atoms with Crippen LogP contribution in [0.3, 0.4) is 0 Å². The molecule has 1 aromatic carbocycles. The second kappa shape index (κ2) is 3.94. The van der Waals surface area contributed by atoms with Crippen LogP contribution in [0, 0.1) is 17.2 Å². The van der Waals surface area contributed by atoms with Crippen molar-refractivity contribution in [1.29, 1.82) is 5.26 Å². The van der Waals surface area contributed by atoms with E-state index < -0.39 is 0 Å². The largest absolute Gasteiger partial charge is 0.398 e. The van der Waals surface area contributed by atoms with E-state index in [1.165, 1.54) is 18.4 Å². The summed E-state index contributed by atoms with van der Waals surface area (Å²) in [4.78, 5) is 0. The number of anilines is 1. The zero-order valence-electron chi connectivity index (χ0n) is 9.03. The highest BCUT2D eigenvalue weighted by atomic mass is 14.6. The molecule has 2 heteroatoms. The molecule has 2 nitrogen and oxygen atoms in total. The van der Waals surface area contributed by atoms with Crippen molar-refractivity contribution in [1.82, 2.24) is 0 Å². The predicted octanol–water partition coefficient (Wildman–Crippen LogP) is 2.85. The molecular formula is C13H16N2. The van der Waals surface area contributed by atoms with Crippen LogP contribution in [-0.2, 0) is 6.42 Å². The normalized spacial score (nSPS) is 24.3. The van der Waals surface area contributed by atoms with Gasteiger partial charge in [0.15, 0.2) is 0 Å². The molecule has 2 unspecified atom stereocenters. The standard InChI is InChI=1S/C13H16N2/c1-9-2-5-12(9)11-4-3-10(6-7-14)13(15)8-11/h3-4,8-9,12H,2,5-6,15H2,1H3. The van der Waals surface area contributed by atoms with Crippen molar-refractivity contribution in [2.45, 2.75) is 32.1 Å². The van der Waals surface area contributed by atoms with Crippen LogP contribution < -0.4 is 5.73 Å². The van der Waals surface area contributed by atoms with E-state index in [-0.39, 0.29) is 0 Å². The van der Waals surface area contributed by atoms with Crippen LogP contribution >= 0.6 is 0 Å². The van der Waals surface area contributed by atoms with Crippen molar-refractivity contribution < 1.29 is 0 Å². The smallest absolute Gasteiger partial charge is 0.0670 e. The number of hydrogen-bond donors (Lipinski definition) is 1. The summed E-state index contributed by atoms with van der Waals surface area (Å²) in [6.07, 6.45) is 3.01.